The summed E-state index contributed by atoms with van der Waals surface area (Å²) in [5, 5.41) is 2.76. The topological polar surface area (TPSA) is 84.9 Å². The van der Waals surface area contributed by atoms with Crippen LogP contribution in [-0.4, -0.2) is 51.8 Å². The maximum absolute atomic E-state index is 12.7. The van der Waals surface area contributed by atoms with Gasteiger partial charge in [-0.05, 0) is 49.2 Å². The molecule has 154 valence electrons. The first-order valence-electron chi connectivity index (χ1n) is 9.64. The molecule has 1 saturated heterocycles. The number of hydrogen-bond donors (Lipinski definition) is 1. The molecule has 1 fully saturated rings. The van der Waals surface area contributed by atoms with E-state index in [2.05, 4.69) is 10.2 Å². The molecule has 29 heavy (non-hydrogen) atoms. The van der Waals surface area contributed by atoms with Gasteiger partial charge in [0.05, 0.1) is 17.1 Å². The number of sulfone groups is 1. The minimum Gasteiger partial charge on any atom is -0.486 e. The second-order valence-corrected chi connectivity index (χ2v) is 9.33. The van der Waals surface area contributed by atoms with Gasteiger partial charge in [0.2, 0.25) is 5.91 Å². The molecule has 0 radical (unpaired) electrons. The van der Waals surface area contributed by atoms with Gasteiger partial charge in [0.15, 0.2) is 21.3 Å². The molecular formula is C21H24N2O5S. The van der Waals surface area contributed by atoms with Crippen LogP contribution in [0.3, 0.4) is 0 Å². The number of para-hydroxylation sites is 1. The number of hydrogen-bond acceptors (Lipinski definition) is 6. The molecule has 1 N–H and O–H groups in total. The summed E-state index contributed by atoms with van der Waals surface area (Å²) in [6.07, 6.45) is 3.08. The van der Waals surface area contributed by atoms with Crippen molar-refractivity contribution in [3.05, 3.63) is 48.0 Å². The number of likely N-dealkylation sites (tertiary alicyclic amines) is 1. The van der Waals surface area contributed by atoms with E-state index in [1.807, 2.05) is 18.2 Å². The summed E-state index contributed by atoms with van der Waals surface area (Å²) in [4.78, 5) is 14.9. The van der Waals surface area contributed by atoms with Gasteiger partial charge in [0.25, 0.3) is 0 Å². The van der Waals surface area contributed by atoms with Gasteiger partial charge in [-0.2, -0.15) is 0 Å². The number of carbonyl (C=O) groups is 1. The van der Waals surface area contributed by atoms with Crippen molar-refractivity contribution < 1.29 is 22.7 Å². The smallest absolute Gasteiger partial charge is 0.238 e. The zero-order valence-corrected chi connectivity index (χ0v) is 17.1. The molecule has 0 bridgehead atoms. The Hall–Kier alpha value is -2.58. The maximum Gasteiger partial charge on any atom is 0.238 e. The quantitative estimate of drug-likeness (QED) is 0.807. The number of ether oxygens (including phenoxy) is 2. The normalized spacial score (nSPS) is 19.1. The molecule has 0 aromatic heterocycles. The zero-order chi connectivity index (χ0) is 20.4. The highest BCUT2D eigenvalue weighted by molar-refractivity contribution is 7.90. The van der Waals surface area contributed by atoms with Gasteiger partial charge in [-0.1, -0.05) is 18.2 Å². The first-order valence-corrected chi connectivity index (χ1v) is 11.5. The van der Waals surface area contributed by atoms with Crippen molar-refractivity contribution >= 4 is 21.4 Å². The van der Waals surface area contributed by atoms with Gasteiger partial charge >= 0.3 is 0 Å². The summed E-state index contributed by atoms with van der Waals surface area (Å²) in [6, 6.07) is 12.5. The zero-order valence-electron chi connectivity index (χ0n) is 16.3. The molecule has 1 atom stereocenters. The lowest BCUT2D eigenvalue weighted by Crippen LogP contribution is -2.33. The summed E-state index contributed by atoms with van der Waals surface area (Å²) >= 11 is 0. The summed E-state index contributed by atoms with van der Waals surface area (Å²) in [5.74, 6) is 1.26. The van der Waals surface area contributed by atoms with E-state index < -0.39 is 9.84 Å². The number of fused-ring (bicyclic) bond motifs is 1. The second-order valence-electron chi connectivity index (χ2n) is 7.35. The first-order chi connectivity index (χ1) is 13.9. The van der Waals surface area contributed by atoms with E-state index in [1.54, 1.807) is 18.2 Å². The van der Waals surface area contributed by atoms with Crippen LogP contribution in [0.15, 0.2) is 47.4 Å². The molecule has 2 aliphatic rings. The molecule has 2 heterocycles. The third-order valence-corrected chi connectivity index (χ3v) is 6.38. The molecular weight excluding hydrogens is 392 g/mol. The predicted molar refractivity (Wildman–Crippen MR) is 109 cm³/mol. The fourth-order valence-corrected chi connectivity index (χ4v) is 4.77. The van der Waals surface area contributed by atoms with Crippen LogP contribution in [-0.2, 0) is 14.6 Å². The lowest BCUT2D eigenvalue weighted by molar-refractivity contribution is -0.117. The molecule has 0 spiro atoms. The number of nitrogens with one attached hydrogen (secondary N) is 1. The maximum atomic E-state index is 12.7. The van der Waals surface area contributed by atoms with Crippen molar-refractivity contribution in [1.29, 1.82) is 0 Å². The number of amides is 1. The minimum atomic E-state index is -3.42. The fraction of sp³-hybridized carbons (Fsp3) is 0.381. The van der Waals surface area contributed by atoms with Crippen molar-refractivity contribution in [1.82, 2.24) is 4.90 Å². The van der Waals surface area contributed by atoms with E-state index in [4.69, 9.17) is 9.47 Å². The minimum absolute atomic E-state index is 0.113. The van der Waals surface area contributed by atoms with Gasteiger partial charge in [-0.25, -0.2) is 8.42 Å². The van der Waals surface area contributed by atoms with E-state index >= 15 is 0 Å². The Morgan fingerprint density at radius 3 is 2.69 bits per heavy atom. The van der Waals surface area contributed by atoms with Gasteiger partial charge in [-0.3, -0.25) is 9.69 Å². The average Bonchev–Trinajstić information content (AvgIpc) is 3.15. The van der Waals surface area contributed by atoms with Gasteiger partial charge < -0.3 is 14.8 Å². The standard InChI is InChI=1S/C21H24N2O5S/c1-29(25,26)20-7-3-2-5-16(20)22-21(24)14-23-10-4-6-17(23)15-8-9-18-19(13-15)28-12-11-27-18/h2-3,5,7-9,13,17H,4,6,10-12,14H2,1H3,(H,22,24)/t17-/m1/s1. The van der Waals surface area contributed by atoms with Gasteiger partial charge in [0, 0.05) is 12.3 Å². The fourth-order valence-electron chi connectivity index (χ4n) is 3.93. The van der Waals surface area contributed by atoms with Crippen LogP contribution in [0.1, 0.15) is 24.4 Å². The van der Waals surface area contributed by atoms with Gasteiger partial charge in [0.1, 0.15) is 13.2 Å². The van der Waals surface area contributed by atoms with Gasteiger partial charge in [-0.15, -0.1) is 0 Å². The molecule has 0 aliphatic carbocycles. The molecule has 8 heteroatoms. The molecule has 1 amide bonds. The third kappa shape index (κ3) is 4.38. The van der Waals surface area contributed by atoms with Crippen molar-refractivity contribution in [2.75, 3.05) is 37.9 Å². The van der Waals surface area contributed by atoms with E-state index in [0.717, 1.165) is 42.7 Å². The molecule has 2 aromatic rings. The Morgan fingerprint density at radius 2 is 1.90 bits per heavy atom. The van der Waals surface area contributed by atoms with E-state index in [1.165, 1.54) is 6.07 Å². The molecule has 0 unspecified atom stereocenters. The molecule has 0 saturated carbocycles. The largest absolute Gasteiger partial charge is 0.486 e. The SMILES string of the molecule is CS(=O)(=O)c1ccccc1NC(=O)CN1CCC[C@@H]1c1ccc2c(c1)OCCO2. The number of anilines is 1. The van der Waals surface area contributed by atoms with Crippen molar-refractivity contribution in [2.24, 2.45) is 0 Å². The summed E-state index contributed by atoms with van der Waals surface area (Å²) in [7, 11) is -3.42. The highest BCUT2D eigenvalue weighted by atomic mass is 32.2. The molecule has 2 aromatic carbocycles. The Balaban J connectivity index is 1.47. The lowest BCUT2D eigenvalue weighted by Gasteiger charge is -2.26. The number of carbonyl (C=O) groups excluding carboxylic acids is 1. The number of rotatable bonds is 5. The first kappa shape index (κ1) is 19.7. The Morgan fingerprint density at radius 1 is 1.14 bits per heavy atom. The summed E-state index contributed by atoms with van der Waals surface area (Å²) in [6.45, 7) is 2.08. The van der Waals surface area contributed by atoms with Crippen LogP contribution in [0.5, 0.6) is 11.5 Å². The molecule has 2 aliphatic heterocycles. The van der Waals surface area contributed by atoms with Crippen LogP contribution >= 0.6 is 0 Å². The monoisotopic (exact) mass is 416 g/mol. The van der Waals surface area contributed by atoms with E-state index in [-0.39, 0.29) is 23.4 Å². The van der Waals surface area contributed by atoms with Crippen LogP contribution in [0, 0.1) is 0 Å². The van der Waals surface area contributed by atoms with Crippen LogP contribution < -0.4 is 14.8 Å². The van der Waals surface area contributed by atoms with Crippen molar-refractivity contribution in [2.45, 2.75) is 23.8 Å². The Labute approximate surface area is 170 Å². The highest BCUT2D eigenvalue weighted by Gasteiger charge is 2.29. The molecule has 7 nitrogen and oxygen atoms in total. The van der Waals surface area contributed by atoms with Crippen molar-refractivity contribution in [3.63, 3.8) is 0 Å². The van der Waals surface area contributed by atoms with Crippen LogP contribution in [0.25, 0.3) is 0 Å². The number of benzene rings is 2. The van der Waals surface area contributed by atoms with E-state index in [0.29, 0.717) is 18.9 Å². The highest BCUT2D eigenvalue weighted by Crippen LogP contribution is 2.38. The van der Waals surface area contributed by atoms with Crippen LogP contribution in [0.4, 0.5) is 5.69 Å². The lowest BCUT2D eigenvalue weighted by atomic mass is 10.0. The Bertz CT molecular complexity index is 1020. The summed E-state index contributed by atoms with van der Waals surface area (Å²) in [5.41, 5.74) is 1.41. The summed E-state index contributed by atoms with van der Waals surface area (Å²) < 4.78 is 35.2. The molecule has 4 rings (SSSR count). The Kier molecular flexibility index (Phi) is 5.47. The second kappa shape index (κ2) is 8.04. The van der Waals surface area contributed by atoms with E-state index in [9.17, 15) is 13.2 Å². The number of nitrogens with zero attached hydrogens (tertiary/aromatic N) is 1. The predicted octanol–water partition coefficient (Wildman–Crippen LogP) is 2.64. The van der Waals surface area contributed by atoms with Crippen molar-refractivity contribution in [3.8, 4) is 11.5 Å². The van der Waals surface area contributed by atoms with Crippen LogP contribution in [0.2, 0.25) is 0 Å². The average molecular weight is 416 g/mol. The third-order valence-electron chi connectivity index (χ3n) is 5.22.